The van der Waals surface area contributed by atoms with E-state index < -0.39 is 0 Å². The molecule has 4 rings (SSSR count). The molecule has 0 N–H and O–H groups in total. The quantitative estimate of drug-likeness (QED) is 0.375. The van der Waals surface area contributed by atoms with Crippen molar-refractivity contribution in [3.05, 3.63) is 97.1 Å². The number of hydrogen-bond donors (Lipinski definition) is 0. The minimum atomic E-state index is 0.433. The first-order valence-electron chi connectivity index (χ1n) is 8.95. The first-order chi connectivity index (χ1) is 13.4. The van der Waals surface area contributed by atoms with Crippen molar-refractivity contribution in [2.45, 2.75) is 0 Å². The van der Waals surface area contributed by atoms with E-state index in [2.05, 4.69) is 18.2 Å². The average Bonchev–Trinajstić information content (AvgIpc) is 2.73. The Bertz CT molecular complexity index is 1010. The number of para-hydroxylation sites is 3. The van der Waals surface area contributed by atoms with Crippen molar-refractivity contribution in [1.29, 1.82) is 0 Å². The van der Waals surface area contributed by atoms with Crippen molar-refractivity contribution in [3.8, 4) is 23.0 Å². The van der Waals surface area contributed by atoms with Crippen molar-refractivity contribution in [1.82, 2.24) is 0 Å². The van der Waals surface area contributed by atoms with Gasteiger partial charge in [0.2, 0.25) is 0 Å². The summed E-state index contributed by atoms with van der Waals surface area (Å²) >= 11 is 0. The molecular weight excluding hydrogens is 336 g/mol. The van der Waals surface area contributed by atoms with Gasteiger partial charge in [-0.05, 0) is 47.2 Å². The van der Waals surface area contributed by atoms with Crippen molar-refractivity contribution >= 4 is 10.8 Å². The fraction of sp³-hybridized carbons (Fsp3) is 0.0833. The van der Waals surface area contributed by atoms with E-state index in [1.165, 1.54) is 5.39 Å². The first-order valence-corrected chi connectivity index (χ1v) is 8.95. The Kier molecular flexibility index (Phi) is 5.21. The fourth-order valence-electron chi connectivity index (χ4n) is 2.84. The average molecular weight is 356 g/mol. The van der Waals surface area contributed by atoms with E-state index in [0.29, 0.717) is 24.7 Å². The highest BCUT2D eigenvalue weighted by molar-refractivity contribution is 5.83. The predicted molar refractivity (Wildman–Crippen MR) is 108 cm³/mol. The van der Waals surface area contributed by atoms with Crippen LogP contribution in [0.15, 0.2) is 97.1 Å². The summed E-state index contributed by atoms with van der Waals surface area (Å²) in [5.74, 6) is 3.00. The van der Waals surface area contributed by atoms with Crippen molar-refractivity contribution < 1.29 is 14.2 Å². The van der Waals surface area contributed by atoms with Crippen LogP contribution in [0.5, 0.6) is 23.0 Å². The molecule has 0 fully saturated rings. The summed E-state index contributed by atoms with van der Waals surface area (Å²) in [6, 6.07) is 31.6. The van der Waals surface area contributed by atoms with Crippen LogP contribution < -0.4 is 14.2 Å². The van der Waals surface area contributed by atoms with Crippen LogP contribution in [0.25, 0.3) is 10.8 Å². The normalized spacial score (nSPS) is 10.5. The lowest BCUT2D eigenvalue weighted by Crippen LogP contribution is -2.09. The summed E-state index contributed by atoms with van der Waals surface area (Å²) in [7, 11) is 0. The summed E-state index contributed by atoms with van der Waals surface area (Å²) in [5, 5.41) is 2.37. The third-order valence-corrected chi connectivity index (χ3v) is 4.15. The van der Waals surface area contributed by atoms with Gasteiger partial charge in [-0.1, -0.05) is 60.7 Å². The zero-order chi connectivity index (χ0) is 18.3. The second kappa shape index (κ2) is 8.28. The first kappa shape index (κ1) is 17.0. The maximum Gasteiger partial charge on any atom is 0.169 e. The van der Waals surface area contributed by atoms with Gasteiger partial charge >= 0.3 is 0 Å². The molecule has 0 aliphatic heterocycles. The van der Waals surface area contributed by atoms with Gasteiger partial charge in [0.25, 0.3) is 0 Å². The lowest BCUT2D eigenvalue weighted by Gasteiger charge is -2.13. The summed E-state index contributed by atoms with van der Waals surface area (Å²) in [5.41, 5.74) is 0. The summed E-state index contributed by atoms with van der Waals surface area (Å²) in [4.78, 5) is 0. The van der Waals surface area contributed by atoms with Gasteiger partial charge in [0, 0.05) is 0 Å². The topological polar surface area (TPSA) is 27.7 Å². The van der Waals surface area contributed by atoms with Gasteiger partial charge in [0.05, 0.1) is 0 Å². The number of fused-ring (bicyclic) bond motifs is 1. The fourth-order valence-corrected chi connectivity index (χ4v) is 2.84. The number of benzene rings is 4. The Morgan fingerprint density at radius 3 is 2.00 bits per heavy atom. The number of ether oxygens (including phenoxy) is 3. The third-order valence-electron chi connectivity index (χ3n) is 4.15. The number of hydrogen-bond acceptors (Lipinski definition) is 3. The van der Waals surface area contributed by atoms with E-state index in [1.807, 2.05) is 78.9 Å². The molecule has 0 unspecified atom stereocenters. The molecule has 0 radical (unpaired) electrons. The third kappa shape index (κ3) is 4.39. The van der Waals surface area contributed by atoms with Crippen LogP contribution in [-0.2, 0) is 0 Å². The zero-order valence-electron chi connectivity index (χ0n) is 14.9. The number of rotatable bonds is 7. The van der Waals surface area contributed by atoms with Gasteiger partial charge in [-0.15, -0.1) is 0 Å². The zero-order valence-corrected chi connectivity index (χ0v) is 14.9. The molecule has 0 amide bonds. The minimum Gasteiger partial charge on any atom is -0.490 e. The predicted octanol–water partition coefficient (Wildman–Crippen LogP) is 6.09. The molecule has 134 valence electrons. The largest absolute Gasteiger partial charge is 0.490 e. The van der Waals surface area contributed by atoms with Gasteiger partial charge < -0.3 is 14.2 Å². The van der Waals surface area contributed by atoms with E-state index in [1.54, 1.807) is 0 Å². The summed E-state index contributed by atoms with van der Waals surface area (Å²) in [6.45, 7) is 0.889. The van der Waals surface area contributed by atoms with Crippen LogP contribution in [0.1, 0.15) is 0 Å². The van der Waals surface area contributed by atoms with Crippen molar-refractivity contribution in [2.24, 2.45) is 0 Å². The maximum atomic E-state index is 5.91. The highest BCUT2D eigenvalue weighted by Gasteiger charge is 2.06. The van der Waals surface area contributed by atoms with Crippen LogP contribution >= 0.6 is 0 Å². The van der Waals surface area contributed by atoms with Crippen LogP contribution in [0, 0.1) is 0 Å². The van der Waals surface area contributed by atoms with Crippen LogP contribution in [0.4, 0.5) is 0 Å². The highest BCUT2D eigenvalue weighted by atomic mass is 16.5. The Morgan fingerprint density at radius 2 is 1.15 bits per heavy atom. The molecule has 0 saturated carbocycles. The second-order valence-corrected chi connectivity index (χ2v) is 6.07. The van der Waals surface area contributed by atoms with Gasteiger partial charge in [0.15, 0.2) is 11.5 Å². The smallest absolute Gasteiger partial charge is 0.169 e. The Hall–Kier alpha value is -3.46. The molecule has 0 bridgehead atoms. The summed E-state index contributed by atoms with van der Waals surface area (Å²) < 4.78 is 17.6. The Balaban J connectivity index is 1.35. The van der Waals surface area contributed by atoms with E-state index in [-0.39, 0.29) is 0 Å². The molecule has 0 aliphatic carbocycles. The lowest BCUT2D eigenvalue weighted by atomic mass is 10.1. The van der Waals surface area contributed by atoms with Crippen molar-refractivity contribution in [2.75, 3.05) is 13.2 Å². The highest BCUT2D eigenvalue weighted by Crippen LogP contribution is 2.31. The monoisotopic (exact) mass is 356 g/mol. The second-order valence-electron chi connectivity index (χ2n) is 6.07. The standard InChI is InChI=1S/C24H20O3/c1-2-10-21(11-3-1)27-24-13-7-6-12-23(24)26-17-16-25-22-15-14-19-8-4-5-9-20(19)18-22/h1-15,18H,16-17H2. The van der Waals surface area contributed by atoms with E-state index in [0.717, 1.165) is 16.9 Å². The molecule has 0 atom stereocenters. The van der Waals surface area contributed by atoms with Crippen LogP contribution in [-0.4, -0.2) is 13.2 Å². The maximum absolute atomic E-state index is 5.91. The SMILES string of the molecule is c1ccc(Oc2ccccc2OCCOc2ccc3ccccc3c2)cc1. The molecule has 0 aliphatic rings. The molecule has 3 heteroatoms. The molecule has 3 nitrogen and oxygen atoms in total. The van der Waals surface area contributed by atoms with Gasteiger partial charge in [0.1, 0.15) is 24.7 Å². The van der Waals surface area contributed by atoms with Crippen LogP contribution in [0.2, 0.25) is 0 Å². The molecule has 0 spiro atoms. The van der Waals surface area contributed by atoms with Gasteiger partial charge in [-0.25, -0.2) is 0 Å². The van der Waals surface area contributed by atoms with Gasteiger partial charge in [-0.2, -0.15) is 0 Å². The van der Waals surface area contributed by atoms with E-state index >= 15 is 0 Å². The molecular formula is C24H20O3. The Morgan fingerprint density at radius 1 is 0.481 bits per heavy atom. The molecule has 27 heavy (non-hydrogen) atoms. The van der Waals surface area contributed by atoms with E-state index in [4.69, 9.17) is 14.2 Å². The van der Waals surface area contributed by atoms with E-state index in [9.17, 15) is 0 Å². The molecule has 0 aromatic heterocycles. The van der Waals surface area contributed by atoms with Crippen LogP contribution in [0.3, 0.4) is 0 Å². The van der Waals surface area contributed by atoms with Crippen molar-refractivity contribution in [3.63, 3.8) is 0 Å². The molecule has 4 aromatic carbocycles. The Labute approximate surface area is 158 Å². The van der Waals surface area contributed by atoms with Gasteiger partial charge in [-0.3, -0.25) is 0 Å². The molecule has 4 aromatic rings. The molecule has 0 heterocycles. The lowest BCUT2D eigenvalue weighted by molar-refractivity contribution is 0.213. The minimum absolute atomic E-state index is 0.433. The summed E-state index contributed by atoms with van der Waals surface area (Å²) in [6.07, 6.45) is 0. The molecule has 0 saturated heterocycles.